The van der Waals surface area contributed by atoms with Crippen molar-refractivity contribution < 1.29 is 29.0 Å². The number of hydrogen-bond acceptors (Lipinski definition) is 6. The van der Waals surface area contributed by atoms with Crippen LogP contribution in [-0.4, -0.2) is 46.3 Å². The molecule has 2 aliphatic heterocycles. The molecular formula is C37H35ClN2O6. The Bertz CT molecular complexity index is 1830. The first-order valence-electron chi connectivity index (χ1n) is 15.6. The van der Waals surface area contributed by atoms with Crippen molar-refractivity contribution in [3.63, 3.8) is 0 Å². The smallest absolute Gasteiger partial charge is 0.246 e. The minimum Gasteiger partial charge on any atom is -0.504 e. The third-order valence-corrected chi connectivity index (χ3v) is 10.6. The molecule has 0 spiro atoms. The van der Waals surface area contributed by atoms with Crippen LogP contribution in [0.3, 0.4) is 0 Å². The van der Waals surface area contributed by atoms with Crippen molar-refractivity contribution >= 4 is 40.9 Å². The maximum absolute atomic E-state index is 15.2. The minimum absolute atomic E-state index is 0.106. The molecule has 3 aromatic rings. The summed E-state index contributed by atoms with van der Waals surface area (Å²) in [6, 6.07) is 21.0. The highest BCUT2D eigenvalue weighted by atomic mass is 35.5. The van der Waals surface area contributed by atoms with E-state index >= 15 is 4.79 Å². The second kappa shape index (κ2) is 10.6. The van der Waals surface area contributed by atoms with Gasteiger partial charge in [-0.2, -0.15) is 0 Å². The molecule has 0 radical (unpaired) electrons. The van der Waals surface area contributed by atoms with Gasteiger partial charge in [0.1, 0.15) is 0 Å². The molecule has 0 unspecified atom stereocenters. The largest absolute Gasteiger partial charge is 0.504 e. The van der Waals surface area contributed by atoms with E-state index in [9.17, 15) is 19.5 Å². The van der Waals surface area contributed by atoms with Crippen molar-refractivity contribution in [3.8, 4) is 11.5 Å². The molecule has 2 aliphatic carbocycles. The van der Waals surface area contributed by atoms with Crippen LogP contribution >= 0.6 is 11.6 Å². The predicted molar refractivity (Wildman–Crippen MR) is 172 cm³/mol. The summed E-state index contributed by atoms with van der Waals surface area (Å²) in [6.07, 6.45) is 2.55. The van der Waals surface area contributed by atoms with Gasteiger partial charge >= 0.3 is 0 Å². The van der Waals surface area contributed by atoms with E-state index in [2.05, 4.69) is 0 Å². The van der Waals surface area contributed by atoms with E-state index < -0.39 is 46.5 Å². The maximum atomic E-state index is 15.2. The number of hydrogen-bond donors (Lipinski definition) is 1. The Morgan fingerprint density at radius 3 is 2.28 bits per heavy atom. The molecule has 0 bridgehead atoms. The second-order valence-corrected chi connectivity index (χ2v) is 14.1. The first-order valence-corrected chi connectivity index (χ1v) is 15.9. The van der Waals surface area contributed by atoms with Crippen molar-refractivity contribution in [1.29, 1.82) is 0 Å². The molecule has 9 heteroatoms. The standard InChI is InChI=1S/C37H35ClN2O6/c1-36(2,3)40-32(42)25-15-14-24-26(30(25)34(40)44)19-27-33(43)39(23-12-8-11-22(38)18-23)35(45)37(27,21-9-6-5-7-10-21)31(24)20-13-16-29(46-4)28(41)17-20/h5-14,16-18,25-27,30-31,41H,15,19H2,1-4H3/t25-,26+,27-,30-,31-,37+/m0/s1. The van der Waals surface area contributed by atoms with E-state index in [1.54, 1.807) is 36.4 Å². The molecule has 3 aromatic carbocycles. The number of carbonyl (C=O) groups is 4. The minimum atomic E-state index is -1.41. The van der Waals surface area contributed by atoms with E-state index in [4.69, 9.17) is 16.3 Å². The Morgan fingerprint density at radius 2 is 1.63 bits per heavy atom. The molecule has 4 aliphatic rings. The molecule has 7 rings (SSSR count). The number of allylic oxidation sites excluding steroid dienone is 2. The number of carbonyl (C=O) groups excluding carboxylic acids is 4. The summed E-state index contributed by atoms with van der Waals surface area (Å²) in [5.41, 5.74) is 0.348. The molecule has 2 saturated heterocycles. The number of halogens is 1. The van der Waals surface area contributed by atoms with Gasteiger partial charge in [-0.3, -0.25) is 24.1 Å². The van der Waals surface area contributed by atoms with Crippen molar-refractivity contribution in [3.05, 3.63) is 101 Å². The highest BCUT2D eigenvalue weighted by Gasteiger charge is 2.70. The van der Waals surface area contributed by atoms with Crippen LogP contribution in [0.2, 0.25) is 5.02 Å². The lowest BCUT2D eigenvalue weighted by atomic mass is 9.49. The lowest BCUT2D eigenvalue weighted by Crippen LogP contribution is -2.53. The zero-order valence-corrected chi connectivity index (χ0v) is 26.8. The van der Waals surface area contributed by atoms with Crippen LogP contribution in [0.4, 0.5) is 5.69 Å². The average Bonchev–Trinajstić information content (AvgIpc) is 3.42. The molecule has 6 atom stereocenters. The van der Waals surface area contributed by atoms with Crippen molar-refractivity contribution in [2.75, 3.05) is 12.0 Å². The summed E-state index contributed by atoms with van der Waals surface area (Å²) in [5.74, 6) is -4.37. The van der Waals surface area contributed by atoms with Gasteiger partial charge < -0.3 is 9.84 Å². The Morgan fingerprint density at radius 1 is 0.891 bits per heavy atom. The first kappa shape index (κ1) is 30.2. The van der Waals surface area contributed by atoms with E-state index in [1.807, 2.05) is 63.2 Å². The quantitative estimate of drug-likeness (QED) is 0.277. The van der Waals surface area contributed by atoms with Crippen LogP contribution in [-0.2, 0) is 24.6 Å². The number of methoxy groups -OCH3 is 1. The van der Waals surface area contributed by atoms with Gasteiger partial charge in [0, 0.05) is 16.5 Å². The summed E-state index contributed by atoms with van der Waals surface area (Å²) in [7, 11) is 1.46. The zero-order chi connectivity index (χ0) is 32.7. The average molecular weight is 639 g/mol. The number of ether oxygens (including phenoxy) is 1. The number of imide groups is 2. The predicted octanol–water partition coefficient (Wildman–Crippen LogP) is 6.02. The summed E-state index contributed by atoms with van der Waals surface area (Å²) < 4.78 is 5.35. The van der Waals surface area contributed by atoms with Crippen LogP contribution in [0, 0.1) is 23.7 Å². The number of aromatic hydroxyl groups is 1. The van der Waals surface area contributed by atoms with E-state index in [1.165, 1.54) is 16.9 Å². The third kappa shape index (κ3) is 4.12. The van der Waals surface area contributed by atoms with Gasteiger partial charge in [-0.25, -0.2) is 4.90 Å². The first-order chi connectivity index (χ1) is 21.9. The van der Waals surface area contributed by atoms with Crippen molar-refractivity contribution in [2.24, 2.45) is 23.7 Å². The van der Waals surface area contributed by atoms with Gasteiger partial charge in [0.05, 0.1) is 36.0 Å². The van der Waals surface area contributed by atoms with Gasteiger partial charge in [-0.05, 0) is 81.0 Å². The van der Waals surface area contributed by atoms with Gasteiger partial charge in [0.15, 0.2) is 11.5 Å². The molecular weight excluding hydrogens is 604 g/mol. The van der Waals surface area contributed by atoms with Crippen molar-refractivity contribution in [2.45, 2.75) is 50.5 Å². The van der Waals surface area contributed by atoms with Crippen LogP contribution in [0.25, 0.3) is 0 Å². The Kier molecular flexibility index (Phi) is 6.94. The maximum Gasteiger partial charge on any atom is 0.246 e. The molecule has 236 valence electrons. The number of benzene rings is 3. The number of nitrogens with zero attached hydrogens (tertiary/aromatic N) is 2. The van der Waals surface area contributed by atoms with Gasteiger partial charge in [0.2, 0.25) is 23.6 Å². The summed E-state index contributed by atoms with van der Waals surface area (Å²) >= 11 is 6.36. The Hall–Kier alpha value is -4.43. The number of phenolic OH excluding ortho intramolecular Hbond substituents is 1. The zero-order valence-electron chi connectivity index (χ0n) is 26.1. The van der Waals surface area contributed by atoms with Gasteiger partial charge in [-0.15, -0.1) is 0 Å². The van der Waals surface area contributed by atoms with Crippen molar-refractivity contribution in [1.82, 2.24) is 4.90 Å². The fourth-order valence-electron chi connectivity index (χ4n) is 8.67. The molecule has 1 N–H and O–H groups in total. The molecule has 0 aromatic heterocycles. The monoisotopic (exact) mass is 638 g/mol. The van der Waals surface area contributed by atoms with Gasteiger partial charge in [-0.1, -0.05) is 65.7 Å². The molecule has 2 heterocycles. The molecule has 46 heavy (non-hydrogen) atoms. The number of anilines is 1. The topological polar surface area (TPSA) is 104 Å². The van der Waals surface area contributed by atoms with Crippen LogP contribution in [0.15, 0.2) is 84.4 Å². The van der Waals surface area contributed by atoms with Gasteiger partial charge in [0.25, 0.3) is 0 Å². The number of phenols is 1. The fourth-order valence-corrected chi connectivity index (χ4v) is 8.85. The number of amides is 4. The fraction of sp³-hybridized carbons (Fsp3) is 0.351. The number of rotatable bonds is 4. The Balaban J connectivity index is 1.50. The number of likely N-dealkylation sites (tertiary alicyclic amines) is 1. The summed E-state index contributed by atoms with van der Waals surface area (Å²) in [6.45, 7) is 5.54. The normalized spacial score (nSPS) is 29.0. The van der Waals surface area contributed by atoms with Crippen LogP contribution in [0.1, 0.15) is 50.7 Å². The molecule has 1 saturated carbocycles. The highest BCUT2D eigenvalue weighted by Crippen LogP contribution is 2.65. The van der Waals surface area contributed by atoms with E-state index in [-0.39, 0.29) is 35.6 Å². The van der Waals surface area contributed by atoms with E-state index in [0.717, 1.165) is 5.57 Å². The summed E-state index contributed by atoms with van der Waals surface area (Å²) in [4.78, 5) is 60.5. The van der Waals surface area contributed by atoms with Crippen LogP contribution < -0.4 is 9.64 Å². The Labute approximate surface area is 272 Å². The van der Waals surface area contributed by atoms with Crippen LogP contribution in [0.5, 0.6) is 11.5 Å². The summed E-state index contributed by atoms with van der Waals surface area (Å²) in [5, 5.41) is 11.4. The molecule has 4 amide bonds. The van der Waals surface area contributed by atoms with E-state index in [0.29, 0.717) is 28.3 Å². The SMILES string of the molecule is COc1ccc([C@H]2C3=CC[C@@H]4C(=O)N(C(C)(C)C)C(=O)[C@@H]4[C@@H]3C[C@H]3C(=O)N(c4cccc(Cl)c4)C(=O)[C@@]23c2ccccc2)cc1O. The lowest BCUT2D eigenvalue weighted by Gasteiger charge is -2.50. The lowest BCUT2D eigenvalue weighted by molar-refractivity contribution is -0.145. The highest BCUT2D eigenvalue weighted by molar-refractivity contribution is 6.32. The number of fused-ring (bicyclic) bond motifs is 4. The second-order valence-electron chi connectivity index (χ2n) is 13.7. The molecule has 3 fully saturated rings. The molecule has 8 nitrogen and oxygen atoms in total. The third-order valence-electron chi connectivity index (χ3n) is 10.4.